The van der Waals surface area contributed by atoms with E-state index in [0.29, 0.717) is 23.4 Å². The second-order valence-electron chi connectivity index (χ2n) is 4.78. The standard InChI is InChI=1S/C15H16FN3O3/c1-3-13-12(14(20)18-9(2)15(21)22)8-17-19(13)11-6-4-10(16)5-7-11/h4-9H,3H2,1-2H3,(H,18,20)(H,21,22). The van der Waals surface area contributed by atoms with Gasteiger partial charge in [0.25, 0.3) is 5.91 Å². The van der Waals surface area contributed by atoms with Crippen molar-refractivity contribution in [3.05, 3.63) is 47.5 Å². The monoisotopic (exact) mass is 305 g/mol. The summed E-state index contributed by atoms with van der Waals surface area (Å²) in [5, 5.41) is 15.4. The van der Waals surface area contributed by atoms with E-state index in [9.17, 15) is 14.0 Å². The van der Waals surface area contributed by atoms with E-state index in [1.54, 1.807) is 16.8 Å². The first-order chi connectivity index (χ1) is 10.4. The Bertz CT molecular complexity index is 695. The highest BCUT2D eigenvalue weighted by Gasteiger charge is 2.20. The molecule has 1 aromatic heterocycles. The van der Waals surface area contributed by atoms with Crippen LogP contribution >= 0.6 is 0 Å². The third-order valence-electron chi connectivity index (χ3n) is 3.24. The average molecular weight is 305 g/mol. The van der Waals surface area contributed by atoms with Crippen molar-refractivity contribution in [1.82, 2.24) is 15.1 Å². The van der Waals surface area contributed by atoms with Crippen molar-refractivity contribution in [2.45, 2.75) is 26.3 Å². The van der Waals surface area contributed by atoms with E-state index < -0.39 is 17.9 Å². The molecule has 0 fully saturated rings. The molecule has 1 unspecified atom stereocenters. The van der Waals surface area contributed by atoms with Crippen molar-refractivity contribution in [2.75, 3.05) is 0 Å². The van der Waals surface area contributed by atoms with E-state index in [1.165, 1.54) is 25.3 Å². The van der Waals surface area contributed by atoms with Gasteiger partial charge in [0.05, 0.1) is 23.1 Å². The van der Waals surface area contributed by atoms with Crippen molar-refractivity contribution < 1.29 is 19.1 Å². The predicted molar refractivity (Wildman–Crippen MR) is 77.5 cm³/mol. The number of carboxylic acid groups (broad SMARTS) is 1. The number of carboxylic acids is 1. The van der Waals surface area contributed by atoms with Crippen molar-refractivity contribution in [3.63, 3.8) is 0 Å². The van der Waals surface area contributed by atoms with E-state index in [2.05, 4.69) is 10.4 Å². The molecule has 1 amide bonds. The van der Waals surface area contributed by atoms with Crippen LogP contribution in [-0.4, -0.2) is 32.8 Å². The summed E-state index contributed by atoms with van der Waals surface area (Å²) < 4.78 is 14.5. The summed E-state index contributed by atoms with van der Waals surface area (Å²) in [5.41, 5.74) is 1.56. The molecule has 2 aromatic rings. The maximum atomic E-state index is 13.0. The Kier molecular flexibility index (Phi) is 4.55. The second kappa shape index (κ2) is 6.38. The van der Waals surface area contributed by atoms with Gasteiger partial charge in [-0.15, -0.1) is 0 Å². The van der Waals surface area contributed by atoms with Crippen LogP contribution in [0.2, 0.25) is 0 Å². The minimum atomic E-state index is -1.11. The molecule has 1 aromatic carbocycles. The van der Waals surface area contributed by atoms with Gasteiger partial charge in [-0.1, -0.05) is 6.92 Å². The van der Waals surface area contributed by atoms with Crippen molar-refractivity contribution in [3.8, 4) is 5.69 Å². The summed E-state index contributed by atoms with van der Waals surface area (Å²) >= 11 is 0. The minimum Gasteiger partial charge on any atom is -0.480 e. The largest absolute Gasteiger partial charge is 0.480 e. The number of benzene rings is 1. The Balaban J connectivity index is 2.33. The molecular weight excluding hydrogens is 289 g/mol. The highest BCUT2D eigenvalue weighted by atomic mass is 19.1. The van der Waals surface area contributed by atoms with Crippen LogP contribution in [0.5, 0.6) is 0 Å². The van der Waals surface area contributed by atoms with Crippen LogP contribution in [0, 0.1) is 5.82 Å². The van der Waals surface area contributed by atoms with E-state index in [4.69, 9.17) is 5.11 Å². The van der Waals surface area contributed by atoms with Crippen LogP contribution in [0.25, 0.3) is 5.69 Å². The number of aliphatic carboxylic acids is 1. The molecule has 0 aliphatic heterocycles. The van der Waals surface area contributed by atoms with E-state index in [-0.39, 0.29) is 5.82 Å². The normalized spacial score (nSPS) is 12.0. The lowest BCUT2D eigenvalue weighted by Crippen LogP contribution is -2.38. The summed E-state index contributed by atoms with van der Waals surface area (Å²) in [4.78, 5) is 23.0. The van der Waals surface area contributed by atoms with Crippen molar-refractivity contribution in [1.29, 1.82) is 0 Å². The van der Waals surface area contributed by atoms with E-state index in [0.717, 1.165) is 0 Å². The van der Waals surface area contributed by atoms with Gasteiger partial charge in [-0.05, 0) is 37.6 Å². The van der Waals surface area contributed by atoms with Gasteiger partial charge in [-0.25, -0.2) is 9.07 Å². The van der Waals surface area contributed by atoms with Gasteiger partial charge in [-0.2, -0.15) is 5.10 Å². The van der Waals surface area contributed by atoms with Crippen LogP contribution < -0.4 is 5.32 Å². The molecule has 0 spiro atoms. The Morgan fingerprint density at radius 1 is 1.36 bits per heavy atom. The topological polar surface area (TPSA) is 84.2 Å². The molecule has 0 saturated heterocycles. The molecule has 0 saturated carbocycles. The molecule has 0 aliphatic rings. The lowest BCUT2D eigenvalue weighted by Gasteiger charge is -2.10. The number of amides is 1. The molecule has 1 heterocycles. The van der Waals surface area contributed by atoms with E-state index >= 15 is 0 Å². The van der Waals surface area contributed by atoms with Crippen molar-refractivity contribution in [2.24, 2.45) is 0 Å². The number of carbonyl (C=O) groups excluding carboxylic acids is 1. The third-order valence-corrected chi connectivity index (χ3v) is 3.24. The van der Waals surface area contributed by atoms with Crippen LogP contribution in [0.1, 0.15) is 29.9 Å². The van der Waals surface area contributed by atoms with Gasteiger partial charge in [0, 0.05) is 0 Å². The Hall–Kier alpha value is -2.70. The van der Waals surface area contributed by atoms with Crippen molar-refractivity contribution >= 4 is 11.9 Å². The first-order valence-corrected chi connectivity index (χ1v) is 6.80. The number of nitrogens with zero attached hydrogens (tertiary/aromatic N) is 2. The second-order valence-corrected chi connectivity index (χ2v) is 4.78. The fourth-order valence-electron chi connectivity index (χ4n) is 2.04. The quantitative estimate of drug-likeness (QED) is 0.882. The molecule has 7 heteroatoms. The number of nitrogens with one attached hydrogen (secondary N) is 1. The van der Waals surface area contributed by atoms with Gasteiger partial charge in [0.15, 0.2) is 0 Å². The molecule has 6 nitrogen and oxygen atoms in total. The SMILES string of the molecule is CCc1c(C(=O)NC(C)C(=O)O)cnn1-c1ccc(F)cc1. The molecule has 116 valence electrons. The molecule has 1 atom stereocenters. The Morgan fingerprint density at radius 2 is 2.00 bits per heavy atom. The number of rotatable bonds is 5. The van der Waals surface area contributed by atoms with Crippen LogP contribution in [0.3, 0.4) is 0 Å². The summed E-state index contributed by atoms with van der Waals surface area (Å²) in [6, 6.07) is 4.74. The van der Waals surface area contributed by atoms with Crippen LogP contribution in [-0.2, 0) is 11.2 Å². The highest BCUT2D eigenvalue weighted by Crippen LogP contribution is 2.16. The Labute approximate surface area is 126 Å². The van der Waals surface area contributed by atoms with Gasteiger partial charge < -0.3 is 10.4 Å². The van der Waals surface area contributed by atoms with Gasteiger partial charge >= 0.3 is 5.97 Å². The molecule has 0 aliphatic carbocycles. The number of hydrogen-bond acceptors (Lipinski definition) is 3. The molecule has 2 N–H and O–H groups in total. The van der Waals surface area contributed by atoms with Crippen LogP contribution in [0.4, 0.5) is 4.39 Å². The highest BCUT2D eigenvalue weighted by molar-refractivity contribution is 5.97. The lowest BCUT2D eigenvalue weighted by atomic mass is 10.1. The first kappa shape index (κ1) is 15.7. The van der Waals surface area contributed by atoms with E-state index in [1.807, 2.05) is 6.92 Å². The zero-order chi connectivity index (χ0) is 16.3. The van der Waals surface area contributed by atoms with Gasteiger partial charge in [0.2, 0.25) is 0 Å². The fraction of sp³-hybridized carbons (Fsp3) is 0.267. The summed E-state index contributed by atoms with van der Waals surface area (Å²) in [7, 11) is 0. The first-order valence-electron chi connectivity index (χ1n) is 6.80. The number of aromatic nitrogens is 2. The number of halogens is 1. The summed E-state index contributed by atoms with van der Waals surface area (Å²) in [6.07, 6.45) is 1.90. The third kappa shape index (κ3) is 3.13. The smallest absolute Gasteiger partial charge is 0.325 e. The number of hydrogen-bond donors (Lipinski definition) is 2. The predicted octanol–water partition coefficient (Wildman–Crippen LogP) is 1.78. The average Bonchev–Trinajstić information content (AvgIpc) is 2.91. The summed E-state index contributed by atoms with van der Waals surface area (Å²) in [6.45, 7) is 3.24. The molecule has 22 heavy (non-hydrogen) atoms. The zero-order valence-electron chi connectivity index (χ0n) is 12.2. The molecule has 0 radical (unpaired) electrons. The minimum absolute atomic E-state index is 0.305. The van der Waals surface area contributed by atoms with Gasteiger partial charge in [-0.3, -0.25) is 9.59 Å². The maximum Gasteiger partial charge on any atom is 0.325 e. The van der Waals surface area contributed by atoms with Crippen LogP contribution in [0.15, 0.2) is 30.5 Å². The number of carbonyl (C=O) groups is 2. The molecule has 2 rings (SSSR count). The maximum absolute atomic E-state index is 13.0. The molecular formula is C15H16FN3O3. The Morgan fingerprint density at radius 3 is 2.55 bits per heavy atom. The zero-order valence-corrected chi connectivity index (χ0v) is 12.2. The fourth-order valence-corrected chi connectivity index (χ4v) is 2.04. The lowest BCUT2D eigenvalue weighted by molar-refractivity contribution is -0.138. The van der Waals surface area contributed by atoms with Gasteiger partial charge in [0.1, 0.15) is 11.9 Å². The summed E-state index contributed by atoms with van der Waals surface area (Å²) in [5.74, 6) is -1.97. The molecule has 0 bridgehead atoms.